The first-order chi connectivity index (χ1) is 11.5. The molecule has 2 aliphatic rings. The summed E-state index contributed by atoms with van der Waals surface area (Å²) in [6, 6.07) is 7.90. The molecule has 0 unspecified atom stereocenters. The summed E-state index contributed by atoms with van der Waals surface area (Å²) < 4.78 is 33.5. The molecule has 0 aromatic heterocycles. The van der Waals surface area contributed by atoms with Gasteiger partial charge in [-0.25, -0.2) is 13.1 Å². The van der Waals surface area contributed by atoms with Crippen molar-refractivity contribution in [2.75, 3.05) is 12.4 Å². The monoisotopic (exact) mass is 349 g/mol. The van der Waals surface area contributed by atoms with Crippen molar-refractivity contribution in [3.8, 4) is 5.75 Å². The molecular formula is C19H27NO3S. The van der Waals surface area contributed by atoms with Gasteiger partial charge in [0.05, 0.1) is 17.9 Å². The summed E-state index contributed by atoms with van der Waals surface area (Å²) in [6.07, 6.45) is 9.65. The van der Waals surface area contributed by atoms with Crippen LogP contribution in [0.2, 0.25) is 0 Å². The number of hydrogen-bond donors (Lipinski definition) is 1. The molecule has 5 heteroatoms. The minimum Gasteiger partial charge on any atom is -0.493 e. The summed E-state index contributed by atoms with van der Waals surface area (Å²) in [7, 11) is -3.28. The molecule has 0 heterocycles. The lowest BCUT2D eigenvalue weighted by Crippen LogP contribution is -2.36. The predicted molar refractivity (Wildman–Crippen MR) is 96.5 cm³/mol. The van der Waals surface area contributed by atoms with Crippen LogP contribution in [0, 0.1) is 5.92 Å². The van der Waals surface area contributed by atoms with Gasteiger partial charge in [-0.2, -0.15) is 0 Å². The molecular weight excluding hydrogens is 322 g/mol. The van der Waals surface area contributed by atoms with Gasteiger partial charge in [0, 0.05) is 0 Å². The quantitative estimate of drug-likeness (QED) is 0.655. The molecule has 0 spiro atoms. The molecule has 2 aliphatic carbocycles. The third kappa shape index (κ3) is 4.84. The fourth-order valence-corrected chi connectivity index (χ4v) is 4.28. The molecule has 2 fully saturated rings. The van der Waals surface area contributed by atoms with Gasteiger partial charge in [-0.15, -0.1) is 0 Å². The minimum atomic E-state index is -3.28. The molecule has 132 valence electrons. The number of ether oxygens (including phenoxy) is 1. The van der Waals surface area contributed by atoms with Crippen LogP contribution in [-0.4, -0.2) is 20.8 Å². The van der Waals surface area contributed by atoms with Crippen LogP contribution in [-0.2, 0) is 15.6 Å². The molecule has 3 rings (SSSR count). The van der Waals surface area contributed by atoms with Gasteiger partial charge in [0.25, 0.3) is 0 Å². The van der Waals surface area contributed by atoms with Gasteiger partial charge in [-0.1, -0.05) is 31.2 Å². The molecule has 0 aliphatic heterocycles. The van der Waals surface area contributed by atoms with E-state index in [0.29, 0.717) is 12.3 Å². The second-order valence-electron chi connectivity index (χ2n) is 6.95. The van der Waals surface area contributed by atoms with E-state index in [1.165, 1.54) is 12.8 Å². The van der Waals surface area contributed by atoms with Gasteiger partial charge >= 0.3 is 0 Å². The van der Waals surface area contributed by atoms with Gasteiger partial charge in [0.15, 0.2) is 0 Å². The summed E-state index contributed by atoms with van der Waals surface area (Å²) in [5, 5.41) is 0. The van der Waals surface area contributed by atoms with E-state index in [-0.39, 0.29) is 5.75 Å². The second kappa shape index (κ2) is 7.28. The van der Waals surface area contributed by atoms with E-state index in [4.69, 9.17) is 4.74 Å². The van der Waals surface area contributed by atoms with Crippen molar-refractivity contribution < 1.29 is 13.2 Å². The van der Waals surface area contributed by atoms with Crippen molar-refractivity contribution in [3.05, 3.63) is 42.0 Å². The Morgan fingerprint density at radius 1 is 1.29 bits per heavy atom. The largest absolute Gasteiger partial charge is 0.493 e. The summed E-state index contributed by atoms with van der Waals surface area (Å²) >= 11 is 0. The van der Waals surface area contributed by atoms with Crippen LogP contribution in [0.15, 0.2) is 36.4 Å². The summed E-state index contributed by atoms with van der Waals surface area (Å²) in [5.41, 5.74) is 0.593. The van der Waals surface area contributed by atoms with E-state index in [1.54, 1.807) is 0 Å². The second-order valence-corrected chi connectivity index (χ2v) is 8.80. The lowest BCUT2D eigenvalue weighted by molar-refractivity contribution is 0.299. The smallest absolute Gasteiger partial charge is 0.212 e. The van der Waals surface area contributed by atoms with Crippen LogP contribution in [0.4, 0.5) is 0 Å². The zero-order valence-electron chi connectivity index (χ0n) is 14.3. The fraction of sp³-hybridized carbons (Fsp3) is 0.579. The Balaban J connectivity index is 1.62. The summed E-state index contributed by atoms with van der Waals surface area (Å²) in [5.74, 6) is 1.69. The number of nitrogens with one attached hydrogen (secondary N) is 1. The number of hydrogen-bond acceptors (Lipinski definition) is 3. The van der Waals surface area contributed by atoms with E-state index in [1.807, 2.05) is 43.3 Å². The molecule has 24 heavy (non-hydrogen) atoms. The van der Waals surface area contributed by atoms with E-state index >= 15 is 0 Å². The van der Waals surface area contributed by atoms with Crippen LogP contribution >= 0.6 is 0 Å². The number of benzene rings is 1. The van der Waals surface area contributed by atoms with Gasteiger partial charge in [0.1, 0.15) is 5.75 Å². The topological polar surface area (TPSA) is 55.4 Å². The normalized spacial score (nSPS) is 19.5. The lowest BCUT2D eigenvalue weighted by atomic mass is 10.1. The standard InChI is InChI=1S/C19H27NO3S/c1-2-3-4-5-13-24(21,22)20-19(11-12-19)17-7-6-8-18(14-17)23-15-16-9-10-16/h3-4,6-8,14,16,20H,2,5,9-13,15H2,1H3/b4-3+. The van der Waals surface area contributed by atoms with Gasteiger partial charge in [-0.3, -0.25) is 0 Å². The Hall–Kier alpha value is -1.33. The molecule has 0 radical (unpaired) electrons. The Labute approximate surface area is 145 Å². The van der Waals surface area contributed by atoms with Gasteiger partial charge in [0.2, 0.25) is 10.0 Å². The third-order valence-corrected chi connectivity index (χ3v) is 6.10. The lowest BCUT2D eigenvalue weighted by Gasteiger charge is -2.19. The third-order valence-electron chi connectivity index (χ3n) is 4.63. The van der Waals surface area contributed by atoms with E-state index in [0.717, 1.165) is 37.2 Å². The zero-order valence-corrected chi connectivity index (χ0v) is 15.1. The first-order valence-corrected chi connectivity index (χ1v) is 10.6. The Morgan fingerprint density at radius 3 is 2.75 bits per heavy atom. The Bertz CT molecular complexity index is 688. The molecule has 0 atom stereocenters. The molecule has 4 nitrogen and oxygen atoms in total. The fourth-order valence-electron chi connectivity index (χ4n) is 2.81. The van der Waals surface area contributed by atoms with E-state index in [9.17, 15) is 8.42 Å². The Kier molecular flexibility index (Phi) is 5.30. The highest BCUT2D eigenvalue weighted by atomic mass is 32.2. The number of rotatable bonds is 10. The van der Waals surface area contributed by atoms with Crippen LogP contribution in [0.1, 0.15) is 51.0 Å². The van der Waals surface area contributed by atoms with E-state index in [2.05, 4.69) is 4.72 Å². The molecule has 1 aromatic carbocycles. The average molecular weight is 349 g/mol. The molecule has 2 saturated carbocycles. The predicted octanol–water partition coefficient (Wildman–Crippen LogP) is 3.74. The highest BCUT2D eigenvalue weighted by Gasteiger charge is 2.47. The van der Waals surface area contributed by atoms with Crippen molar-refractivity contribution in [1.82, 2.24) is 4.72 Å². The number of allylic oxidation sites excluding steroid dienone is 2. The van der Waals surface area contributed by atoms with Crippen molar-refractivity contribution in [3.63, 3.8) is 0 Å². The van der Waals surface area contributed by atoms with Crippen molar-refractivity contribution in [2.24, 2.45) is 5.92 Å². The maximum absolute atomic E-state index is 12.4. The van der Waals surface area contributed by atoms with Crippen LogP contribution in [0.25, 0.3) is 0 Å². The van der Waals surface area contributed by atoms with Crippen molar-refractivity contribution in [2.45, 2.75) is 51.0 Å². The first kappa shape index (κ1) is 17.5. The highest BCUT2D eigenvalue weighted by Crippen LogP contribution is 2.47. The van der Waals surface area contributed by atoms with E-state index < -0.39 is 15.6 Å². The SMILES string of the molecule is CC/C=C/CCS(=O)(=O)NC1(c2cccc(OCC3CC3)c2)CC1. The Morgan fingerprint density at radius 2 is 2.08 bits per heavy atom. The van der Waals surface area contributed by atoms with Gasteiger partial charge in [-0.05, 0) is 62.1 Å². The van der Waals surface area contributed by atoms with Gasteiger partial charge < -0.3 is 4.74 Å². The average Bonchev–Trinajstić information content (AvgIpc) is 3.46. The van der Waals surface area contributed by atoms with Crippen LogP contribution in [0.3, 0.4) is 0 Å². The summed E-state index contributed by atoms with van der Waals surface area (Å²) in [4.78, 5) is 0. The zero-order chi connectivity index (χ0) is 17.0. The highest BCUT2D eigenvalue weighted by molar-refractivity contribution is 7.89. The maximum atomic E-state index is 12.4. The minimum absolute atomic E-state index is 0.142. The van der Waals surface area contributed by atoms with Crippen molar-refractivity contribution in [1.29, 1.82) is 0 Å². The van der Waals surface area contributed by atoms with Crippen LogP contribution in [0.5, 0.6) is 5.75 Å². The molecule has 0 amide bonds. The maximum Gasteiger partial charge on any atom is 0.212 e. The molecule has 1 aromatic rings. The number of sulfonamides is 1. The molecule has 0 saturated heterocycles. The molecule has 0 bridgehead atoms. The van der Waals surface area contributed by atoms with Crippen molar-refractivity contribution >= 4 is 10.0 Å². The molecule has 1 N–H and O–H groups in total. The van der Waals surface area contributed by atoms with Crippen LogP contribution < -0.4 is 9.46 Å². The first-order valence-electron chi connectivity index (χ1n) is 8.93. The summed E-state index contributed by atoms with van der Waals surface area (Å²) in [6.45, 7) is 2.81.